The fraction of sp³-hybridized carbons (Fsp3) is 0.545. The van der Waals surface area contributed by atoms with E-state index in [0.717, 1.165) is 12.0 Å². The Morgan fingerprint density at radius 3 is 2.71 bits per heavy atom. The maximum absolute atomic E-state index is 5.82. The lowest BCUT2D eigenvalue weighted by Crippen LogP contribution is -2.19. The Balaban J connectivity index is 2.83. The normalized spacial score (nSPS) is 13.1. The van der Waals surface area contributed by atoms with E-state index in [1.807, 2.05) is 19.2 Å². The summed E-state index contributed by atoms with van der Waals surface area (Å²) < 4.78 is 0. The standard InChI is InChI=1S/C11H19N3/c1-8(2)7-10(13-3)9-5-4-6-14-11(9)12/h4-6,8,10,13H,7H2,1-3H3,(H2,12,14). The molecule has 0 spiro atoms. The number of nitrogen functional groups attached to an aromatic ring is 1. The molecule has 0 fully saturated rings. The molecule has 0 radical (unpaired) electrons. The quantitative estimate of drug-likeness (QED) is 0.768. The molecular weight excluding hydrogens is 174 g/mol. The monoisotopic (exact) mass is 193 g/mol. The Bertz CT molecular complexity index is 284. The third-order valence-corrected chi connectivity index (χ3v) is 2.30. The largest absolute Gasteiger partial charge is 0.383 e. The Hall–Kier alpha value is -1.09. The number of nitrogens with one attached hydrogen (secondary N) is 1. The predicted octanol–water partition coefficient (Wildman–Crippen LogP) is 1.97. The van der Waals surface area contributed by atoms with Gasteiger partial charge in [-0.25, -0.2) is 4.98 Å². The average Bonchev–Trinajstić information content (AvgIpc) is 2.15. The molecule has 0 aromatic carbocycles. The molecule has 0 aliphatic heterocycles. The van der Waals surface area contributed by atoms with Crippen LogP contribution in [0.2, 0.25) is 0 Å². The highest BCUT2D eigenvalue weighted by Gasteiger charge is 2.13. The van der Waals surface area contributed by atoms with Gasteiger partial charge in [-0.15, -0.1) is 0 Å². The molecule has 1 atom stereocenters. The second kappa shape index (κ2) is 4.96. The number of anilines is 1. The number of hydrogen-bond acceptors (Lipinski definition) is 3. The Morgan fingerprint density at radius 1 is 1.50 bits per heavy atom. The molecule has 0 amide bonds. The van der Waals surface area contributed by atoms with Gasteiger partial charge in [0.2, 0.25) is 0 Å². The van der Waals surface area contributed by atoms with Crippen LogP contribution in [0, 0.1) is 5.92 Å². The van der Waals surface area contributed by atoms with Gasteiger partial charge in [-0.2, -0.15) is 0 Å². The van der Waals surface area contributed by atoms with Gasteiger partial charge in [-0.05, 0) is 25.5 Å². The number of pyridine rings is 1. The summed E-state index contributed by atoms with van der Waals surface area (Å²) in [5.41, 5.74) is 6.92. The number of nitrogens with zero attached hydrogens (tertiary/aromatic N) is 1. The molecule has 0 saturated carbocycles. The molecule has 3 N–H and O–H groups in total. The maximum atomic E-state index is 5.82. The summed E-state index contributed by atoms with van der Waals surface area (Å²) in [6, 6.07) is 4.27. The fourth-order valence-electron chi connectivity index (χ4n) is 1.60. The minimum atomic E-state index is 0.309. The first-order valence-corrected chi connectivity index (χ1v) is 5.02. The van der Waals surface area contributed by atoms with Gasteiger partial charge >= 0.3 is 0 Å². The summed E-state index contributed by atoms with van der Waals surface area (Å²) in [6.07, 6.45) is 2.80. The van der Waals surface area contributed by atoms with Crippen LogP contribution in [0.4, 0.5) is 5.82 Å². The zero-order chi connectivity index (χ0) is 10.6. The summed E-state index contributed by atoms with van der Waals surface area (Å²) in [4.78, 5) is 4.09. The Kier molecular flexibility index (Phi) is 3.89. The van der Waals surface area contributed by atoms with E-state index in [-0.39, 0.29) is 0 Å². The first kappa shape index (κ1) is 11.0. The van der Waals surface area contributed by atoms with Gasteiger partial charge in [-0.1, -0.05) is 19.9 Å². The molecule has 1 rings (SSSR count). The second-order valence-corrected chi connectivity index (χ2v) is 3.95. The smallest absolute Gasteiger partial charge is 0.128 e. The van der Waals surface area contributed by atoms with Crippen LogP contribution >= 0.6 is 0 Å². The molecule has 0 aliphatic carbocycles. The first-order chi connectivity index (χ1) is 6.65. The van der Waals surface area contributed by atoms with Crippen molar-refractivity contribution in [2.24, 2.45) is 5.92 Å². The summed E-state index contributed by atoms with van der Waals surface area (Å²) >= 11 is 0. The van der Waals surface area contributed by atoms with Crippen molar-refractivity contribution in [1.29, 1.82) is 0 Å². The molecule has 1 unspecified atom stereocenters. The van der Waals surface area contributed by atoms with Crippen LogP contribution in [0.1, 0.15) is 31.9 Å². The number of nitrogens with two attached hydrogens (primary N) is 1. The lowest BCUT2D eigenvalue weighted by molar-refractivity contribution is 0.457. The van der Waals surface area contributed by atoms with Crippen molar-refractivity contribution in [2.75, 3.05) is 12.8 Å². The van der Waals surface area contributed by atoms with Gasteiger partial charge in [-0.3, -0.25) is 0 Å². The molecular formula is C11H19N3. The van der Waals surface area contributed by atoms with E-state index in [2.05, 4.69) is 24.1 Å². The van der Waals surface area contributed by atoms with Crippen LogP contribution in [0.5, 0.6) is 0 Å². The number of hydrogen-bond donors (Lipinski definition) is 2. The Labute approximate surface area is 85.7 Å². The predicted molar refractivity (Wildman–Crippen MR) is 59.9 cm³/mol. The van der Waals surface area contributed by atoms with Gasteiger partial charge in [0.05, 0.1) is 0 Å². The third-order valence-electron chi connectivity index (χ3n) is 2.30. The second-order valence-electron chi connectivity index (χ2n) is 3.95. The van der Waals surface area contributed by atoms with E-state index in [0.29, 0.717) is 17.8 Å². The zero-order valence-electron chi connectivity index (χ0n) is 9.12. The highest BCUT2D eigenvalue weighted by atomic mass is 14.9. The van der Waals surface area contributed by atoms with Crippen molar-refractivity contribution in [1.82, 2.24) is 10.3 Å². The summed E-state index contributed by atoms with van der Waals surface area (Å²) in [5, 5.41) is 3.27. The van der Waals surface area contributed by atoms with Crippen molar-refractivity contribution >= 4 is 5.82 Å². The van der Waals surface area contributed by atoms with E-state index in [9.17, 15) is 0 Å². The third kappa shape index (κ3) is 2.70. The van der Waals surface area contributed by atoms with Crippen molar-refractivity contribution < 1.29 is 0 Å². The molecule has 0 bridgehead atoms. The molecule has 3 nitrogen and oxygen atoms in total. The minimum absolute atomic E-state index is 0.309. The van der Waals surface area contributed by atoms with E-state index in [1.165, 1.54) is 0 Å². The lowest BCUT2D eigenvalue weighted by Gasteiger charge is -2.19. The highest BCUT2D eigenvalue weighted by Crippen LogP contribution is 2.23. The minimum Gasteiger partial charge on any atom is -0.383 e. The highest BCUT2D eigenvalue weighted by molar-refractivity contribution is 5.40. The van der Waals surface area contributed by atoms with Crippen molar-refractivity contribution in [3.05, 3.63) is 23.9 Å². The van der Waals surface area contributed by atoms with E-state index >= 15 is 0 Å². The Morgan fingerprint density at radius 2 is 2.21 bits per heavy atom. The van der Waals surface area contributed by atoms with Crippen molar-refractivity contribution in [3.63, 3.8) is 0 Å². The van der Waals surface area contributed by atoms with Crippen LogP contribution < -0.4 is 11.1 Å². The van der Waals surface area contributed by atoms with Crippen molar-refractivity contribution in [3.8, 4) is 0 Å². The van der Waals surface area contributed by atoms with Gasteiger partial charge in [0.1, 0.15) is 5.82 Å². The van der Waals surface area contributed by atoms with Crippen LogP contribution in [0.25, 0.3) is 0 Å². The van der Waals surface area contributed by atoms with E-state index < -0.39 is 0 Å². The molecule has 0 saturated heterocycles. The first-order valence-electron chi connectivity index (χ1n) is 5.02. The average molecular weight is 193 g/mol. The molecule has 3 heteroatoms. The molecule has 78 valence electrons. The lowest BCUT2D eigenvalue weighted by atomic mass is 9.98. The summed E-state index contributed by atoms with van der Waals surface area (Å²) in [7, 11) is 1.96. The molecule has 1 aromatic heterocycles. The summed E-state index contributed by atoms with van der Waals surface area (Å²) in [5.74, 6) is 1.28. The summed E-state index contributed by atoms with van der Waals surface area (Å²) in [6.45, 7) is 4.41. The van der Waals surface area contributed by atoms with E-state index in [4.69, 9.17) is 5.73 Å². The topological polar surface area (TPSA) is 50.9 Å². The van der Waals surface area contributed by atoms with Crippen LogP contribution in [0.3, 0.4) is 0 Å². The molecule has 14 heavy (non-hydrogen) atoms. The van der Waals surface area contributed by atoms with Gasteiger partial charge in [0.25, 0.3) is 0 Å². The number of aromatic nitrogens is 1. The van der Waals surface area contributed by atoms with Gasteiger partial charge < -0.3 is 11.1 Å². The van der Waals surface area contributed by atoms with Crippen LogP contribution in [-0.2, 0) is 0 Å². The zero-order valence-corrected chi connectivity index (χ0v) is 9.12. The maximum Gasteiger partial charge on any atom is 0.128 e. The molecule has 1 heterocycles. The van der Waals surface area contributed by atoms with Crippen LogP contribution in [0.15, 0.2) is 18.3 Å². The fourth-order valence-corrected chi connectivity index (χ4v) is 1.60. The van der Waals surface area contributed by atoms with Gasteiger partial charge in [0, 0.05) is 17.8 Å². The van der Waals surface area contributed by atoms with Gasteiger partial charge in [0.15, 0.2) is 0 Å². The molecule has 1 aromatic rings. The van der Waals surface area contributed by atoms with E-state index in [1.54, 1.807) is 6.20 Å². The SMILES string of the molecule is CNC(CC(C)C)c1cccnc1N. The van der Waals surface area contributed by atoms with Crippen molar-refractivity contribution in [2.45, 2.75) is 26.3 Å². The van der Waals surface area contributed by atoms with Crippen LogP contribution in [-0.4, -0.2) is 12.0 Å². The number of rotatable bonds is 4. The molecule has 0 aliphatic rings.